The summed E-state index contributed by atoms with van der Waals surface area (Å²) in [6.07, 6.45) is 1.01. The molecule has 0 unspecified atom stereocenters. The van der Waals surface area contributed by atoms with Crippen LogP contribution in [-0.2, 0) is 0 Å². The van der Waals surface area contributed by atoms with E-state index in [0.717, 1.165) is 6.42 Å². The van der Waals surface area contributed by atoms with E-state index in [9.17, 15) is 0 Å². The molecule has 1 aromatic rings. The summed E-state index contributed by atoms with van der Waals surface area (Å²) in [6, 6.07) is 8.66. The van der Waals surface area contributed by atoms with Crippen molar-refractivity contribution in [2.24, 2.45) is 4.99 Å². The van der Waals surface area contributed by atoms with Crippen molar-refractivity contribution in [1.29, 1.82) is 0 Å². The fraction of sp³-hybridized carbons (Fsp3) is 0.267. The van der Waals surface area contributed by atoms with Crippen molar-refractivity contribution in [3.8, 4) is 0 Å². The van der Waals surface area contributed by atoms with Gasteiger partial charge < -0.3 is 0 Å². The van der Waals surface area contributed by atoms with Crippen LogP contribution >= 0.6 is 12.4 Å². The third-order valence-corrected chi connectivity index (χ3v) is 3.73. The van der Waals surface area contributed by atoms with Crippen molar-refractivity contribution < 1.29 is 0 Å². The number of benzene rings is 1. The van der Waals surface area contributed by atoms with Gasteiger partial charge in [-0.3, -0.25) is 4.99 Å². The van der Waals surface area contributed by atoms with E-state index in [1.807, 2.05) is 0 Å². The van der Waals surface area contributed by atoms with Gasteiger partial charge in [0.25, 0.3) is 0 Å². The lowest BCUT2D eigenvalue weighted by molar-refractivity contribution is 1.15. The van der Waals surface area contributed by atoms with E-state index in [1.54, 1.807) is 0 Å². The van der Waals surface area contributed by atoms with E-state index in [0.29, 0.717) is 0 Å². The van der Waals surface area contributed by atoms with E-state index < -0.39 is 0 Å². The number of hydrogen-bond acceptors (Lipinski definition) is 1. The Balaban J connectivity index is 0.00000108. The van der Waals surface area contributed by atoms with Gasteiger partial charge in [0.05, 0.1) is 0 Å². The first-order valence-corrected chi connectivity index (χ1v) is 5.73. The number of nitrogens with zero attached hydrogens (tertiary/aromatic N) is 1. The Morgan fingerprint density at radius 1 is 0.941 bits per heavy atom. The molecule has 2 aliphatic rings. The van der Waals surface area contributed by atoms with Crippen LogP contribution < -0.4 is 10.4 Å². The smallest absolute Gasteiger partial charge is 0.0486 e. The number of aliphatic imine (C=N–C) groups is 1. The Labute approximate surface area is 108 Å². The zero-order valence-corrected chi connectivity index (χ0v) is 11.2. The van der Waals surface area contributed by atoms with Gasteiger partial charge in [0, 0.05) is 17.8 Å². The monoisotopic (exact) mass is 245 g/mol. The van der Waals surface area contributed by atoms with Crippen LogP contribution in [0.5, 0.6) is 0 Å². The average molecular weight is 246 g/mol. The summed E-state index contributed by atoms with van der Waals surface area (Å²) < 4.78 is 0. The third kappa shape index (κ3) is 1.66. The average Bonchev–Trinajstić information content (AvgIpc) is 2.31. The molecule has 3 rings (SSSR count). The number of rotatable bonds is 0. The van der Waals surface area contributed by atoms with Crippen LogP contribution in [0, 0.1) is 0 Å². The maximum Gasteiger partial charge on any atom is 0.0486 e. The van der Waals surface area contributed by atoms with Crippen molar-refractivity contribution in [2.45, 2.75) is 27.2 Å². The Morgan fingerprint density at radius 3 is 2.29 bits per heavy atom. The summed E-state index contributed by atoms with van der Waals surface area (Å²) in [5, 5.41) is 2.75. The molecule has 0 radical (unpaired) electrons. The van der Waals surface area contributed by atoms with E-state index in [-0.39, 0.29) is 12.4 Å². The molecule has 17 heavy (non-hydrogen) atoms. The van der Waals surface area contributed by atoms with Gasteiger partial charge in [-0.05, 0) is 47.9 Å². The van der Waals surface area contributed by atoms with Crippen LogP contribution in [0.15, 0.2) is 40.5 Å². The number of fused-ring (bicyclic) bond motifs is 3. The van der Waals surface area contributed by atoms with E-state index in [4.69, 9.17) is 4.99 Å². The molecule has 1 aliphatic heterocycles. The number of hydrogen-bond donors (Lipinski definition) is 0. The molecule has 0 spiro atoms. The second-order valence-corrected chi connectivity index (χ2v) is 4.59. The molecule has 2 heteroatoms. The zero-order valence-electron chi connectivity index (χ0n) is 10.4. The molecule has 0 aromatic heterocycles. The normalized spacial score (nSPS) is 17.5. The summed E-state index contributed by atoms with van der Waals surface area (Å²) in [4.78, 5) is 4.70. The Morgan fingerprint density at radius 2 is 1.59 bits per heavy atom. The van der Waals surface area contributed by atoms with Gasteiger partial charge in [0.15, 0.2) is 0 Å². The molecule has 0 N–H and O–H groups in total. The van der Waals surface area contributed by atoms with Gasteiger partial charge in [-0.15, -0.1) is 12.4 Å². The van der Waals surface area contributed by atoms with Crippen LogP contribution in [0.4, 0.5) is 0 Å². The highest BCUT2D eigenvalue weighted by Crippen LogP contribution is 2.28. The number of allylic oxidation sites excluding steroid dienone is 2. The topological polar surface area (TPSA) is 12.4 Å². The van der Waals surface area contributed by atoms with Crippen molar-refractivity contribution >= 4 is 29.3 Å². The van der Waals surface area contributed by atoms with Gasteiger partial charge in [-0.1, -0.05) is 24.3 Å². The van der Waals surface area contributed by atoms with Crippen LogP contribution in [0.25, 0.3) is 11.1 Å². The van der Waals surface area contributed by atoms with Crippen molar-refractivity contribution in [3.05, 3.63) is 46.0 Å². The molecule has 2 bridgehead atoms. The van der Waals surface area contributed by atoms with Crippen molar-refractivity contribution in [2.75, 3.05) is 0 Å². The third-order valence-electron chi connectivity index (χ3n) is 3.73. The zero-order chi connectivity index (χ0) is 11.3. The van der Waals surface area contributed by atoms with Gasteiger partial charge in [0.2, 0.25) is 0 Å². The molecule has 1 aromatic carbocycles. The summed E-state index contributed by atoms with van der Waals surface area (Å²) >= 11 is 0. The highest BCUT2D eigenvalue weighted by molar-refractivity contribution is 6.23. The summed E-state index contributed by atoms with van der Waals surface area (Å²) in [7, 11) is 0. The quantitative estimate of drug-likeness (QED) is 0.666. The second kappa shape index (κ2) is 4.15. The first-order chi connectivity index (χ1) is 7.68. The predicted octanol–water partition coefficient (Wildman–Crippen LogP) is 2.58. The first-order valence-electron chi connectivity index (χ1n) is 5.73. The maximum absolute atomic E-state index is 4.70. The van der Waals surface area contributed by atoms with Crippen LogP contribution in [0.2, 0.25) is 0 Å². The van der Waals surface area contributed by atoms with Crippen LogP contribution in [0.3, 0.4) is 0 Å². The van der Waals surface area contributed by atoms with Crippen molar-refractivity contribution in [1.82, 2.24) is 0 Å². The predicted molar refractivity (Wildman–Crippen MR) is 75.9 cm³/mol. The summed E-state index contributed by atoms with van der Waals surface area (Å²) in [6.45, 7) is 6.47. The second-order valence-electron chi connectivity index (χ2n) is 4.59. The molecule has 0 saturated heterocycles. The Bertz CT molecular complexity index is 662. The molecule has 1 aliphatic carbocycles. The lowest BCUT2D eigenvalue weighted by Crippen LogP contribution is -2.36. The fourth-order valence-corrected chi connectivity index (χ4v) is 2.59. The minimum Gasteiger partial charge on any atom is -0.257 e. The first kappa shape index (κ1) is 12.1. The Kier molecular flexibility index (Phi) is 2.96. The molecule has 0 saturated carbocycles. The van der Waals surface area contributed by atoms with E-state index >= 15 is 0 Å². The van der Waals surface area contributed by atoms with E-state index in [2.05, 4.69) is 45.0 Å². The van der Waals surface area contributed by atoms with Crippen LogP contribution in [0.1, 0.15) is 27.2 Å². The molecule has 0 amide bonds. The minimum atomic E-state index is 0. The van der Waals surface area contributed by atoms with Gasteiger partial charge in [0.1, 0.15) is 0 Å². The maximum atomic E-state index is 4.70. The SMILES string of the molecule is CC1=C(C)C2=c3ccccc3=C(C)C(=N1)C2.Cl. The molecular weight excluding hydrogens is 230 g/mol. The standard InChI is InChI=1S/C15H15N.ClH/c1-9-11(3)16-15-8-14(9)13-7-5-4-6-12(13)10(15)2;/h4-7H,8H2,1-3H3;1H. The molecule has 0 fully saturated rings. The molecule has 0 atom stereocenters. The highest BCUT2D eigenvalue weighted by Gasteiger charge is 2.20. The van der Waals surface area contributed by atoms with Crippen LogP contribution in [-0.4, -0.2) is 5.71 Å². The molecule has 88 valence electrons. The number of halogens is 1. The minimum absolute atomic E-state index is 0. The Hall–Kier alpha value is -1.34. The molecule has 1 nitrogen and oxygen atoms in total. The van der Waals surface area contributed by atoms with Crippen molar-refractivity contribution in [3.63, 3.8) is 0 Å². The van der Waals surface area contributed by atoms with Gasteiger partial charge >= 0.3 is 0 Å². The van der Waals surface area contributed by atoms with Gasteiger partial charge in [-0.25, -0.2) is 0 Å². The van der Waals surface area contributed by atoms with Gasteiger partial charge in [-0.2, -0.15) is 0 Å². The summed E-state index contributed by atoms with van der Waals surface area (Å²) in [5.41, 5.74) is 6.57. The highest BCUT2D eigenvalue weighted by atomic mass is 35.5. The molecular formula is C15H16ClN. The fourth-order valence-electron chi connectivity index (χ4n) is 2.59. The van der Waals surface area contributed by atoms with E-state index in [1.165, 1.54) is 38.6 Å². The lowest BCUT2D eigenvalue weighted by atomic mass is 9.86. The largest absolute Gasteiger partial charge is 0.257 e. The molecule has 1 heterocycles. The summed E-state index contributed by atoms with van der Waals surface area (Å²) in [5.74, 6) is 0. The lowest BCUT2D eigenvalue weighted by Gasteiger charge is -2.23.